The highest BCUT2D eigenvalue weighted by Crippen LogP contribution is 2.20. The van der Waals surface area contributed by atoms with Gasteiger partial charge in [0.25, 0.3) is 11.8 Å². The number of rotatable bonds is 7. The maximum absolute atomic E-state index is 11.8. The van der Waals surface area contributed by atoms with E-state index in [1.807, 2.05) is 32.0 Å². The van der Waals surface area contributed by atoms with Crippen LogP contribution in [-0.4, -0.2) is 36.5 Å². The first-order valence-electron chi connectivity index (χ1n) is 7.73. The van der Waals surface area contributed by atoms with E-state index >= 15 is 0 Å². The van der Waals surface area contributed by atoms with E-state index in [2.05, 4.69) is 15.6 Å². The largest absolute Gasteiger partial charge is 0.483 e. The second kappa shape index (κ2) is 8.67. The third kappa shape index (κ3) is 5.08. The Labute approximate surface area is 141 Å². The molecule has 126 valence electrons. The summed E-state index contributed by atoms with van der Waals surface area (Å²) in [6.45, 7) is 4.54. The summed E-state index contributed by atoms with van der Waals surface area (Å²) in [7, 11) is 0. The van der Waals surface area contributed by atoms with Crippen molar-refractivity contribution in [3.63, 3.8) is 0 Å². The maximum Gasteiger partial charge on any atom is 0.269 e. The number of aryl methyl sites for hydroxylation is 1. The summed E-state index contributed by atoms with van der Waals surface area (Å²) in [6, 6.07) is 10.8. The standard InChI is InChI=1S/C18H21N3O3/c1-13-6-5-8-16(14(13)2)24-12-17(22)20-10-11-21-18(23)15-7-3-4-9-19-15/h3-9H,10-12H2,1-2H3,(H,20,22)(H,21,23). The highest BCUT2D eigenvalue weighted by Gasteiger charge is 2.07. The van der Waals surface area contributed by atoms with Crippen molar-refractivity contribution >= 4 is 11.8 Å². The van der Waals surface area contributed by atoms with Crippen LogP contribution < -0.4 is 15.4 Å². The molecule has 2 amide bonds. The van der Waals surface area contributed by atoms with E-state index in [1.54, 1.807) is 24.4 Å². The molecule has 0 saturated heterocycles. The fourth-order valence-corrected chi connectivity index (χ4v) is 2.04. The highest BCUT2D eigenvalue weighted by atomic mass is 16.5. The van der Waals surface area contributed by atoms with Gasteiger partial charge in [-0.15, -0.1) is 0 Å². The summed E-state index contributed by atoms with van der Waals surface area (Å²) in [5, 5.41) is 5.38. The van der Waals surface area contributed by atoms with Crippen molar-refractivity contribution in [2.45, 2.75) is 13.8 Å². The van der Waals surface area contributed by atoms with E-state index < -0.39 is 0 Å². The predicted octanol–water partition coefficient (Wildman–Crippen LogP) is 1.62. The molecule has 1 aromatic carbocycles. The van der Waals surface area contributed by atoms with Crippen LogP contribution in [0.5, 0.6) is 5.75 Å². The molecule has 24 heavy (non-hydrogen) atoms. The molecule has 0 saturated carbocycles. The Morgan fingerprint density at radius 2 is 1.83 bits per heavy atom. The van der Waals surface area contributed by atoms with Gasteiger partial charge in [0.05, 0.1) is 0 Å². The molecular formula is C18H21N3O3. The van der Waals surface area contributed by atoms with Crippen LogP contribution in [0.2, 0.25) is 0 Å². The lowest BCUT2D eigenvalue weighted by Crippen LogP contribution is -2.37. The number of hydrogen-bond donors (Lipinski definition) is 2. The van der Waals surface area contributed by atoms with Crippen molar-refractivity contribution in [2.75, 3.05) is 19.7 Å². The van der Waals surface area contributed by atoms with Crippen LogP contribution in [0.4, 0.5) is 0 Å². The molecular weight excluding hydrogens is 306 g/mol. The van der Waals surface area contributed by atoms with Crippen molar-refractivity contribution < 1.29 is 14.3 Å². The van der Waals surface area contributed by atoms with E-state index in [-0.39, 0.29) is 18.4 Å². The molecule has 0 bridgehead atoms. The zero-order valence-corrected chi connectivity index (χ0v) is 13.8. The van der Waals surface area contributed by atoms with E-state index in [0.29, 0.717) is 24.5 Å². The Balaban J connectivity index is 1.67. The van der Waals surface area contributed by atoms with Crippen LogP contribution in [-0.2, 0) is 4.79 Å². The number of pyridine rings is 1. The Kier molecular flexibility index (Phi) is 6.31. The molecule has 0 unspecified atom stereocenters. The molecule has 6 heteroatoms. The topological polar surface area (TPSA) is 80.3 Å². The van der Waals surface area contributed by atoms with Crippen LogP contribution in [0.1, 0.15) is 21.6 Å². The summed E-state index contributed by atoms with van der Waals surface area (Å²) < 4.78 is 5.52. The Bertz CT molecular complexity index is 702. The Morgan fingerprint density at radius 3 is 2.58 bits per heavy atom. The smallest absolute Gasteiger partial charge is 0.269 e. The fourth-order valence-electron chi connectivity index (χ4n) is 2.04. The molecule has 2 N–H and O–H groups in total. The number of carbonyl (C=O) groups is 2. The number of nitrogens with zero attached hydrogens (tertiary/aromatic N) is 1. The van der Waals surface area contributed by atoms with Gasteiger partial charge in [0.2, 0.25) is 0 Å². The van der Waals surface area contributed by atoms with Gasteiger partial charge < -0.3 is 15.4 Å². The second-order valence-corrected chi connectivity index (χ2v) is 5.31. The second-order valence-electron chi connectivity index (χ2n) is 5.31. The van der Waals surface area contributed by atoms with Gasteiger partial charge >= 0.3 is 0 Å². The minimum absolute atomic E-state index is 0.0571. The van der Waals surface area contributed by atoms with Gasteiger partial charge in [-0.2, -0.15) is 0 Å². The quantitative estimate of drug-likeness (QED) is 0.757. The lowest BCUT2D eigenvalue weighted by Gasteiger charge is -2.11. The summed E-state index contributed by atoms with van der Waals surface area (Å²) in [6.07, 6.45) is 1.56. The molecule has 2 aromatic rings. The van der Waals surface area contributed by atoms with Gasteiger partial charge in [0.1, 0.15) is 11.4 Å². The first kappa shape index (κ1) is 17.5. The number of carbonyl (C=O) groups excluding carboxylic acids is 2. The molecule has 0 atom stereocenters. The van der Waals surface area contributed by atoms with E-state index in [1.165, 1.54) is 0 Å². The predicted molar refractivity (Wildman–Crippen MR) is 91.0 cm³/mol. The molecule has 0 aliphatic heterocycles. The monoisotopic (exact) mass is 327 g/mol. The van der Waals surface area contributed by atoms with E-state index in [9.17, 15) is 9.59 Å². The zero-order valence-electron chi connectivity index (χ0n) is 13.8. The molecule has 6 nitrogen and oxygen atoms in total. The van der Waals surface area contributed by atoms with Crippen molar-refractivity contribution in [1.29, 1.82) is 0 Å². The lowest BCUT2D eigenvalue weighted by atomic mass is 10.1. The number of benzene rings is 1. The lowest BCUT2D eigenvalue weighted by molar-refractivity contribution is -0.123. The summed E-state index contributed by atoms with van der Waals surface area (Å²) in [5.41, 5.74) is 2.49. The van der Waals surface area contributed by atoms with Gasteiger partial charge in [-0.05, 0) is 43.2 Å². The average molecular weight is 327 g/mol. The highest BCUT2D eigenvalue weighted by molar-refractivity contribution is 5.92. The molecule has 0 radical (unpaired) electrons. The van der Waals surface area contributed by atoms with Crippen molar-refractivity contribution in [3.05, 3.63) is 59.4 Å². The van der Waals surface area contributed by atoms with Gasteiger partial charge in [-0.1, -0.05) is 18.2 Å². The third-order valence-electron chi connectivity index (χ3n) is 3.54. The normalized spacial score (nSPS) is 10.1. The van der Waals surface area contributed by atoms with Crippen LogP contribution in [0, 0.1) is 13.8 Å². The van der Waals surface area contributed by atoms with Crippen molar-refractivity contribution in [1.82, 2.24) is 15.6 Å². The molecule has 1 heterocycles. The molecule has 1 aromatic heterocycles. The summed E-state index contributed by atoms with van der Waals surface area (Å²) >= 11 is 0. The minimum Gasteiger partial charge on any atom is -0.483 e. The molecule has 0 aliphatic rings. The minimum atomic E-state index is -0.267. The SMILES string of the molecule is Cc1cccc(OCC(=O)NCCNC(=O)c2ccccn2)c1C. The Hall–Kier alpha value is -2.89. The first-order valence-corrected chi connectivity index (χ1v) is 7.73. The zero-order chi connectivity index (χ0) is 17.4. The van der Waals surface area contributed by atoms with Gasteiger partial charge in [0.15, 0.2) is 6.61 Å². The van der Waals surface area contributed by atoms with Crippen LogP contribution >= 0.6 is 0 Å². The van der Waals surface area contributed by atoms with E-state index in [4.69, 9.17) is 4.74 Å². The number of hydrogen-bond acceptors (Lipinski definition) is 4. The van der Waals surface area contributed by atoms with Crippen molar-refractivity contribution in [3.8, 4) is 5.75 Å². The van der Waals surface area contributed by atoms with Crippen molar-refractivity contribution in [2.24, 2.45) is 0 Å². The van der Waals surface area contributed by atoms with Gasteiger partial charge in [-0.25, -0.2) is 0 Å². The fraction of sp³-hybridized carbons (Fsp3) is 0.278. The molecule has 0 aliphatic carbocycles. The number of ether oxygens (including phenoxy) is 1. The van der Waals surface area contributed by atoms with Crippen LogP contribution in [0.25, 0.3) is 0 Å². The Morgan fingerprint density at radius 1 is 1.04 bits per heavy atom. The first-order chi connectivity index (χ1) is 11.6. The number of amides is 2. The van der Waals surface area contributed by atoms with Crippen LogP contribution in [0.15, 0.2) is 42.6 Å². The summed E-state index contributed by atoms with van der Waals surface area (Å²) in [4.78, 5) is 27.5. The van der Waals surface area contributed by atoms with Gasteiger partial charge in [-0.3, -0.25) is 14.6 Å². The third-order valence-corrected chi connectivity index (χ3v) is 3.54. The molecule has 0 fully saturated rings. The van der Waals surface area contributed by atoms with Crippen LogP contribution in [0.3, 0.4) is 0 Å². The molecule has 0 spiro atoms. The summed E-state index contributed by atoms with van der Waals surface area (Å²) in [5.74, 6) is 0.202. The molecule has 2 rings (SSSR count). The average Bonchev–Trinajstić information content (AvgIpc) is 2.60. The number of nitrogens with one attached hydrogen (secondary N) is 2. The van der Waals surface area contributed by atoms with Gasteiger partial charge in [0, 0.05) is 19.3 Å². The maximum atomic E-state index is 11.8. The van der Waals surface area contributed by atoms with E-state index in [0.717, 1.165) is 11.1 Å². The number of aromatic nitrogens is 1.